The van der Waals surface area contributed by atoms with Gasteiger partial charge in [0.25, 0.3) is 0 Å². The van der Waals surface area contributed by atoms with Crippen LogP contribution in [0.15, 0.2) is 12.1 Å². The molecule has 0 spiro atoms. The van der Waals surface area contributed by atoms with Crippen molar-refractivity contribution in [1.29, 1.82) is 0 Å². The summed E-state index contributed by atoms with van der Waals surface area (Å²) >= 11 is 0. The lowest BCUT2D eigenvalue weighted by Gasteiger charge is -2.11. The summed E-state index contributed by atoms with van der Waals surface area (Å²) in [5, 5.41) is 0. The minimum Gasteiger partial charge on any atom is -0.496 e. The molecule has 0 aliphatic heterocycles. The predicted octanol–water partition coefficient (Wildman–Crippen LogP) is 4.06. The summed E-state index contributed by atoms with van der Waals surface area (Å²) < 4.78 is 10.7. The maximum absolute atomic E-state index is 11.1. The summed E-state index contributed by atoms with van der Waals surface area (Å²) in [6, 6.07) is 3.10. The largest absolute Gasteiger partial charge is 0.496 e. The Hall–Kier alpha value is -1.84. The van der Waals surface area contributed by atoms with E-state index >= 15 is 0 Å². The van der Waals surface area contributed by atoms with Gasteiger partial charge in [0, 0.05) is 0 Å². The van der Waals surface area contributed by atoms with Crippen molar-refractivity contribution in [3.05, 3.63) is 23.3 Å². The highest BCUT2D eigenvalue weighted by Crippen LogP contribution is 2.27. The maximum Gasteiger partial charge on any atom is 0.153 e. The first-order valence-electron chi connectivity index (χ1n) is 7.52. The van der Waals surface area contributed by atoms with Gasteiger partial charge in [-0.25, -0.2) is 0 Å². The van der Waals surface area contributed by atoms with Crippen molar-refractivity contribution in [3.63, 3.8) is 0 Å². The van der Waals surface area contributed by atoms with E-state index in [-0.39, 0.29) is 0 Å². The van der Waals surface area contributed by atoms with E-state index in [1.807, 2.05) is 0 Å². The van der Waals surface area contributed by atoms with Gasteiger partial charge >= 0.3 is 0 Å². The van der Waals surface area contributed by atoms with Gasteiger partial charge in [-0.3, -0.25) is 9.59 Å². The van der Waals surface area contributed by atoms with E-state index in [4.69, 9.17) is 9.47 Å². The van der Waals surface area contributed by atoms with Crippen molar-refractivity contribution in [3.8, 4) is 11.5 Å². The van der Waals surface area contributed by atoms with Gasteiger partial charge in [0.15, 0.2) is 12.6 Å². The van der Waals surface area contributed by atoms with Gasteiger partial charge in [0.1, 0.15) is 11.5 Å². The second kappa shape index (κ2) is 9.97. The summed E-state index contributed by atoms with van der Waals surface area (Å²) in [7, 11) is 1.47. The molecule has 0 heterocycles. The minimum absolute atomic E-state index is 0.388. The molecule has 0 fully saturated rings. The average molecular weight is 292 g/mol. The first-order valence-corrected chi connectivity index (χ1v) is 7.52. The van der Waals surface area contributed by atoms with Crippen LogP contribution in [0, 0.1) is 0 Å². The van der Waals surface area contributed by atoms with Crippen LogP contribution in [0.4, 0.5) is 0 Å². The first kappa shape index (κ1) is 17.2. The summed E-state index contributed by atoms with van der Waals surface area (Å²) in [5.74, 6) is 0.834. The normalized spacial score (nSPS) is 10.2. The van der Waals surface area contributed by atoms with Gasteiger partial charge in [-0.2, -0.15) is 0 Å². The Morgan fingerprint density at radius 2 is 1.48 bits per heavy atom. The fraction of sp³-hybridized carbons (Fsp3) is 0.529. The van der Waals surface area contributed by atoms with Gasteiger partial charge in [-0.15, -0.1) is 0 Å². The topological polar surface area (TPSA) is 52.6 Å². The molecule has 0 radical (unpaired) electrons. The average Bonchev–Trinajstić information content (AvgIpc) is 2.53. The van der Waals surface area contributed by atoms with Crippen LogP contribution in [0.5, 0.6) is 11.5 Å². The zero-order chi connectivity index (χ0) is 15.5. The highest BCUT2D eigenvalue weighted by molar-refractivity contribution is 5.87. The molecule has 0 saturated carbocycles. The fourth-order valence-electron chi connectivity index (χ4n) is 2.14. The SMILES string of the molecule is CCCCCCCCOc1cc(C=O)c(OC)cc1C=O. The van der Waals surface area contributed by atoms with Crippen LogP contribution >= 0.6 is 0 Å². The number of ether oxygens (including phenoxy) is 2. The lowest BCUT2D eigenvalue weighted by molar-refractivity contribution is 0.110. The summed E-state index contributed by atoms with van der Waals surface area (Å²) in [5.41, 5.74) is 0.796. The van der Waals surface area contributed by atoms with Crippen molar-refractivity contribution in [2.24, 2.45) is 0 Å². The zero-order valence-electron chi connectivity index (χ0n) is 12.9. The maximum atomic E-state index is 11.1. The smallest absolute Gasteiger partial charge is 0.153 e. The van der Waals surface area contributed by atoms with Crippen LogP contribution in [0.2, 0.25) is 0 Å². The molecule has 0 amide bonds. The molecule has 0 aliphatic rings. The van der Waals surface area contributed by atoms with E-state index in [9.17, 15) is 9.59 Å². The third kappa shape index (κ3) is 5.58. The number of unbranched alkanes of at least 4 members (excludes halogenated alkanes) is 5. The van der Waals surface area contributed by atoms with Crippen LogP contribution < -0.4 is 9.47 Å². The standard InChI is InChI=1S/C17H24O4/c1-3-4-5-6-7-8-9-21-17-11-14(12-18)16(20-2)10-15(17)13-19/h10-13H,3-9H2,1-2H3. The van der Waals surface area contributed by atoms with E-state index in [2.05, 4.69) is 6.92 Å². The van der Waals surface area contributed by atoms with E-state index in [1.165, 1.54) is 38.9 Å². The van der Waals surface area contributed by atoms with E-state index in [0.29, 0.717) is 41.8 Å². The quantitative estimate of drug-likeness (QED) is 0.456. The number of carbonyl (C=O) groups excluding carboxylic acids is 2. The van der Waals surface area contributed by atoms with Gasteiger partial charge in [-0.05, 0) is 18.6 Å². The fourth-order valence-corrected chi connectivity index (χ4v) is 2.14. The third-order valence-electron chi connectivity index (χ3n) is 3.37. The van der Waals surface area contributed by atoms with Crippen LogP contribution in [0.3, 0.4) is 0 Å². The molecule has 4 nitrogen and oxygen atoms in total. The molecule has 116 valence electrons. The molecule has 0 atom stereocenters. The van der Waals surface area contributed by atoms with Crippen molar-refractivity contribution < 1.29 is 19.1 Å². The second-order valence-electron chi connectivity index (χ2n) is 4.98. The number of carbonyl (C=O) groups is 2. The number of methoxy groups -OCH3 is 1. The third-order valence-corrected chi connectivity index (χ3v) is 3.37. The molecule has 1 aromatic rings. The lowest BCUT2D eigenvalue weighted by atomic mass is 10.1. The van der Waals surface area contributed by atoms with Gasteiger partial charge in [0.05, 0.1) is 24.8 Å². The highest BCUT2D eigenvalue weighted by Gasteiger charge is 2.10. The van der Waals surface area contributed by atoms with Crippen LogP contribution in [-0.4, -0.2) is 26.3 Å². The Bertz CT molecular complexity index is 454. The van der Waals surface area contributed by atoms with Gasteiger partial charge < -0.3 is 9.47 Å². The minimum atomic E-state index is 0.388. The van der Waals surface area contributed by atoms with Crippen LogP contribution in [-0.2, 0) is 0 Å². The number of aldehydes is 2. The van der Waals surface area contributed by atoms with Crippen molar-refractivity contribution in [2.45, 2.75) is 45.4 Å². The Labute approximate surface area is 126 Å². The molecule has 0 N–H and O–H groups in total. The number of benzene rings is 1. The van der Waals surface area contributed by atoms with Crippen molar-refractivity contribution in [2.75, 3.05) is 13.7 Å². The molecule has 0 unspecified atom stereocenters. The number of rotatable bonds is 11. The summed E-state index contributed by atoms with van der Waals surface area (Å²) in [6.07, 6.45) is 8.46. The van der Waals surface area contributed by atoms with Crippen molar-refractivity contribution >= 4 is 12.6 Å². The molecular weight excluding hydrogens is 268 g/mol. The summed E-state index contributed by atoms with van der Waals surface area (Å²) in [6.45, 7) is 2.75. The van der Waals surface area contributed by atoms with Gasteiger partial charge in [-0.1, -0.05) is 39.0 Å². The van der Waals surface area contributed by atoms with E-state index < -0.39 is 0 Å². The Balaban J connectivity index is 2.53. The molecule has 21 heavy (non-hydrogen) atoms. The second-order valence-corrected chi connectivity index (χ2v) is 4.98. The lowest BCUT2D eigenvalue weighted by Crippen LogP contribution is -2.02. The molecule has 0 bridgehead atoms. The van der Waals surface area contributed by atoms with E-state index in [1.54, 1.807) is 6.07 Å². The first-order chi connectivity index (χ1) is 10.3. The monoisotopic (exact) mass is 292 g/mol. The molecule has 0 aliphatic carbocycles. The van der Waals surface area contributed by atoms with E-state index in [0.717, 1.165) is 12.8 Å². The molecule has 1 aromatic carbocycles. The molecule has 1 rings (SSSR count). The van der Waals surface area contributed by atoms with Gasteiger partial charge in [0.2, 0.25) is 0 Å². The molecule has 0 aromatic heterocycles. The van der Waals surface area contributed by atoms with Crippen LogP contribution in [0.1, 0.15) is 66.2 Å². The molecule has 0 saturated heterocycles. The predicted molar refractivity (Wildman–Crippen MR) is 82.6 cm³/mol. The highest BCUT2D eigenvalue weighted by atomic mass is 16.5. The zero-order valence-corrected chi connectivity index (χ0v) is 12.9. The van der Waals surface area contributed by atoms with Crippen molar-refractivity contribution in [1.82, 2.24) is 0 Å². The molecule has 4 heteroatoms. The Kier molecular flexibility index (Phi) is 8.17. The molecular formula is C17H24O4. The van der Waals surface area contributed by atoms with Crippen LogP contribution in [0.25, 0.3) is 0 Å². The Morgan fingerprint density at radius 1 is 0.905 bits per heavy atom. The Morgan fingerprint density at radius 3 is 2.10 bits per heavy atom. The number of hydrogen-bond donors (Lipinski definition) is 0. The summed E-state index contributed by atoms with van der Waals surface area (Å²) in [4.78, 5) is 22.1. The number of hydrogen-bond acceptors (Lipinski definition) is 4.